The molecule has 150 valence electrons. The van der Waals surface area contributed by atoms with Crippen molar-refractivity contribution >= 4 is 53.3 Å². The van der Waals surface area contributed by atoms with Gasteiger partial charge in [0, 0.05) is 10.0 Å². The van der Waals surface area contributed by atoms with Crippen molar-refractivity contribution in [3.63, 3.8) is 0 Å². The van der Waals surface area contributed by atoms with Crippen LogP contribution in [0.1, 0.15) is 23.6 Å². The summed E-state index contributed by atoms with van der Waals surface area (Å²) >= 11 is 6.51. The van der Waals surface area contributed by atoms with Crippen LogP contribution in [0.4, 0.5) is 0 Å². The number of hydrogen-bond donors (Lipinski definition) is 1. The summed E-state index contributed by atoms with van der Waals surface area (Å²) in [6, 6.07) is 9.28. The highest BCUT2D eigenvalue weighted by Gasteiger charge is 2.23. The lowest BCUT2D eigenvalue weighted by Gasteiger charge is -2.21. The van der Waals surface area contributed by atoms with Crippen LogP contribution in [0, 0.1) is 6.92 Å². The molecule has 0 saturated carbocycles. The molecule has 0 spiro atoms. The van der Waals surface area contributed by atoms with Gasteiger partial charge in [0.2, 0.25) is 0 Å². The number of carbonyl (C=O) groups is 1. The van der Waals surface area contributed by atoms with Gasteiger partial charge in [0.05, 0.1) is 4.48 Å². The third-order valence-electron chi connectivity index (χ3n) is 4.47. The molecule has 0 unspecified atom stereocenters. The third-order valence-corrected chi connectivity index (χ3v) is 6.56. The van der Waals surface area contributed by atoms with Crippen molar-refractivity contribution in [2.45, 2.75) is 18.7 Å². The summed E-state index contributed by atoms with van der Waals surface area (Å²) in [7, 11) is -4.52. The lowest BCUT2D eigenvalue weighted by atomic mass is 9.88. The Kier molecular flexibility index (Phi) is 6.01. The molecule has 1 aliphatic carbocycles. The van der Waals surface area contributed by atoms with E-state index >= 15 is 0 Å². The van der Waals surface area contributed by atoms with E-state index in [9.17, 15) is 22.9 Å². The van der Waals surface area contributed by atoms with Crippen LogP contribution in [0.5, 0.6) is 5.75 Å². The molecule has 5 nitrogen and oxygen atoms in total. The molecule has 1 aliphatic rings. The Morgan fingerprint density at radius 1 is 1.07 bits per heavy atom. The Morgan fingerprint density at radius 2 is 1.72 bits per heavy atom. The number of rotatable bonds is 3. The zero-order chi connectivity index (χ0) is 21.5. The maximum absolute atomic E-state index is 12.2. The first-order valence-corrected chi connectivity index (χ1v) is 11.4. The average Bonchev–Trinajstić information content (AvgIpc) is 2.64. The summed E-state index contributed by atoms with van der Waals surface area (Å²) < 4.78 is 34.4. The largest absolute Gasteiger partial charge is 0.872 e. The van der Waals surface area contributed by atoms with Crippen molar-refractivity contribution in [3.8, 4) is 5.75 Å². The molecule has 2 aromatic rings. The van der Waals surface area contributed by atoms with Gasteiger partial charge in [-0.2, -0.15) is 8.42 Å². The zero-order valence-corrected chi connectivity index (χ0v) is 19.4. The minimum atomic E-state index is -4.52. The Hall–Kier alpha value is -2.00. The fourth-order valence-corrected chi connectivity index (χ4v) is 4.94. The summed E-state index contributed by atoms with van der Waals surface area (Å²) in [6.45, 7) is 3.32. The fraction of sp³-hybridized carbons (Fsp3) is 0.0952. The fourth-order valence-electron chi connectivity index (χ4n) is 3.13. The highest BCUT2D eigenvalue weighted by Crippen LogP contribution is 2.38. The lowest BCUT2D eigenvalue weighted by molar-refractivity contribution is -0.270. The second-order valence-corrected chi connectivity index (χ2v) is 9.65. The van der Waals surface area contributed by atoms with E-state index in [-0.39, 0.29) is 22.0 Å². The van der Waals surface area contributed by atoms with Gasteiger partial charge in [-0.25, -0.2) is 0 Å². The first-order valence-electron chi connectivity index (χ1n) is 8.39. The summed E-state index contributed by atoms with van der Waals surface area (Å²) in [5.41, 5.74) is 2.78. The molecule has 8 heteroatoms. The molecule has 0 atom stereocenters. The van der Waals surface area contributed by atoms with Gasteiger partial charge in [0.25, 0.3) is 10.1 Å². The second-order valence-electron chi connectivity index (χ2n) is 6.55. The number of aryl methyl sites for hydroxylation is 1. The van der Waals surface area contributed by atoms with Gasteiger partial charge in [-0.3, -0.25) is 9.35 Å². The van der Waals surface area contributed by atoms with Crippen molar-refractivity contribution in [3.05, 3.63) is 85.3 Å². The van der Waals surface area contributed by atoms with Crippen LogP contribution in [-0.2, 0) is 14.9 Å². The van der Waals surface area contributed by atoms with Crippen molar-refractivity contribution < 1.29 is 22.9 Å². The number of Topliss-reactive ketones (excluding diaryl/α,β-unsaturated/α-hetero) is 1. The summed E-state index contributed by atoms with van der Waals surface area (Å²) in [5.74, 6) is -0.355. The van der Waals surface area contributed by atoms with E-state index in [4.69, 9.17) is 0 Å². The van der Waals surface area contributed by atoms with Crippen LogP contribution in [-0.4, -0.2) is 18.8 Å². The topological polar surface area (TPSA) is 94.5 Å². The molecule has 2 aromatic carbocycles. The molecule has 0 bridgehead atoms. The average molecular weight is 539 g/mol. The van der Waals surface area contributed by atoms with Crippen LogP contribution in [0.2, 0.25) is 0 Å². The Bertz CT molecular complexity index is 1190. The molecule has 0 radical (unpaired) electrons. The summed E-state index contributed by atoms with van der Waals surface area (Å²) in [6.07, 6.45) is 3.25. The normalized spacial score (nSPS) is 16.4. The van der Waals surface area contributed by atoms with E-state index in [1.54, 1.807) is 50.3 Å². The molecule has 0 amide bonds. The smallest absolute Gasteiger partial charge is 0.295 e. The van der Waals surface area contributed by atoms with E-state index in [1.165, 1.54) is 12.1 Å². The van der Waals surface area contributed by atoms with Crippen LogP contribution in [0.25, 0.3) is 5.57 Å². The Balaban J connectivity index is 2.47. The van der Waals surface area contributed by atoms with E-state index in [0.717, 1.165) is 0 Å². The van der Waals surface area contributed by atoms with Crippen molar-refractivity contribution in [1.29, 1.82) is 0 Å². The zero-order valence-electron chi connectivity index (χ0n) is 15.4. The predicted molar refractivity (Wildman–Crippen MR) is 116 cm³/mol. The number of carbonyl (C=O) groups excluding carboxylic acids is 1. The maximum atomic E-state index is 12.2. The molecule has 0 aromatic heterocycles. The number of benzene rings is 2. The van der Waals surface area contributed by atoms with Gasteiger partial charge >= 0.3 is 0 Å². The van der Waals surface area contributed by atoms with E-state index in [2.05, 4.69) is 31.9 Å². The maximum Gasteiger partial charge on any atom is 0.295 e. The van der Waals surface area contributed by atoms with Gasteiger partial charge in [-0.15, -0.1) is 0 Å². The van der Waals surface area contributed by atoms with E-state index < -0.39 is 10.1 Å². The summed E-state index contributed by atoms with van der Waals surface area (Å²) in [4.78, 5) is 11.9. The van der Waals surface area contributed by atoms with Gasteiger partial charge in [0.15, 0.2) is 5.78 Å². The number of halogens is 2. The summed E-state index contributed by atoms with van der Waals surface area (Å²) in [5, 5.41) is 12.2. The molecule has 0 saturated heterocycles. The third kappa shape index (κ3) is 4.30. The minimum absolute atomic E-state index is 0.177. The minimum Gasteiger partial charge on any atom is -0.872 e. The highest BCUT2D eigenvalue weighted by molar-refractivity contribution is 9.12. The molecular weight excluding hydrogens is 524 g/mol. The Morgan fingerprint density at radius 3 is 2.31 bits per heavy atom. The SMILES string of the molecule is CC1=C/C(=C(\c2cc(C)c([O-])c(Br)c2)c2ccccc2S(=O)(=O)O)C=C(Br)C1=O. The van der Waals surface area contributed by atoms with Crippen LogP contribution in [0.15, 0.2) is 73.5 Å². The number of hydrogen-bond acceptors (Lipinski definition) is 4. The van der Waals surface area contributed by atoms with Gasteiger partial charge in [-0.05, 0) is 76.3 Å². The van der Waals surface area contributed by atoms with Gasteiger partial charge in [-0.1, -0.05) is 51.5 Å². The van der Waals surface area contributed by atoms with E-state index in [1.807, 2.05) is 0 Å². The quantitative estimate of drug-likeness (QED) is 0.572. The van der Waals surface area contributed by atoms with Crippen LogP contribution >= 0.6 is 31.9 Å². The van der Waals surface area contributed by atoms with E-state index in [0.29, 0.717) is 36.8 Å². The first kappa shape index (κ1) is 21.7. The predicted octanol–water partition coefficient (Wildman–Crippen LogP) is 4.69. The second kappa shape index (κ2) is 8.02. The molecule has 0 fully saturated rings. The molecule has 29 heavy (non-hydrogen) atoms. The number of ketones is 1. The highest BCUT2D eigenvalue weighted by atomic mass is 79.9. The molecule has 1 N–H and O–H groups in total. The molecule has 3 rings (SSSR count). The van der Waals surface area contributed by atoms with Crippen LogP contribution < -0.4 is 5.11 Å². The van der Waals surface area contributed by atoms with Crippen molar-refractivity contribution in [2.24, 2.45) is 0 Å². The molecular formula is C21H15Br2O5S-. The van der Waals surface area contributed by atoms with Crippen LogP contribution in [0.3, 0.4) is 0 Å². The van der Waals surface area contributed by atoms with Crippen molar-refractivity contribution in [1.82, 2.24) is 0 Å². The monoisotopic (exact) mass is 537 g/mol. The van der Waals surface area contributed by atoms with Gasteiger partial charge in [0.1, 0.15) is 4.90 Å². The molecule has 0 heterocycles. The number of allylic oxidation sites excluding steroid dienone is 5. The van der Waals surface area contributed by atoms with Crippen molar-refractivity contribution in [2.75, 3.05) is 0 Å². The first-order chi connectivity index (χ1) is 13.5. The molecule has 0 aliphatic heterocycles. The lowest BCUT2D eigenvalue weighted by Crippen LogP contribution is -2.08. The Labute approximate surface area is 185 Å². The van der Waals surface area contributed by atoms with Gasteiger partial charge < -0.3 is 5.11 Å². The standard InChI is InChI=1S/C21H16Br2O5S/c1-11-7-13(9-16(22)20(11)24)19(14-8-12(2)21(25)17(23)10-14)15-5-3-4-6-18(15)29(26,27)28/h3-10,24H,1-2H3,(H,26,27,28)/p-1/b19-14-.